The Bertz CT molecular complexity index is 700. The number of H-pyrrole nitrogens is 1. The highest BCUT2D eigenvalue weighted by Gasteiger charge is 2.08. The van der Waals surface area contributed by atoms with E-state index in [1.54, 1.807) is 0 Å². The molecule has 4 heteroatoms. The summed E-state index contributed by atoms with van der Waals surface area (Å²) in [4.78, 5) is 3.41. The second-order valence-electron chi connectivity index (χ2n) is 3.63. The van der Waals surface area contributed by atoms with E-state index >= 15 is 0 Å². The third kappa shape index (κ3) is 1.63. The van der Waals surface area contributed by atoms with E-state index in [1.165, 1.54) is 10.8 Å². The fourth-order valence-electron chi connectivity index (χ4n) is 1.90. The minimum atomic E-state index is 1.07. The Hall–Kier alpha value is -0.320. The van der Waals surface area contributed by atoms with Crippen LogP contribution in [0, 0.1) is 0 Å². The van der Waals surface area contributed by atoms with Crippen molar-refractivity contribution in [2.45, 2.75) is 0 Å². The van der Waals surface area contributed by atoms with E-state index in [0.717, 1.165) is 24.5 Å². The number of fused-ring (bicyclic) bond motifs is 3. The third-order valence-corrected chi connectivity index (χ3v) is 4.16. The van der Waals surface area contributed by atoms with Gasteiger partial charge in [0.1, 0.15) is 0 Å². The molecule has 80 valence electrons. The summed E-state index contributed by atoms with van der Waals surface area (Å²) in [5.74, 6) is 0. The molecule has 1 N–H and O–H groups in total. The molecule has 1 aromatic heterocycles. The van der Waals surface area contributed by atoms with Crippen molar-refractivity contribution in [2.24, 2.45) is 0 Å². The lowest BCUT2D eigenvalue weighted by atomic mass is 10.2. The third-order valence-electron chi connectivity index (χ3n) is 2.59. The molecule has 0 bridgehead atoms. The first-order valence-corrected chi connectivity index (χ1v) is 7.09. The molecule has 0 amide bonds. The van der Waals surface area contributed by atoms with Crippen LogP contribution in [0.2, 0.25) is 0 Å². The maximum absolute atomic E-state index is 3.57. The van der Waals surface area contributed by atoms with Gasteiger partial charge in [-0.15, -0.1) is 0 Å². The van der Waals surface area contributed by atoms with E-state index in [1.807, 2.05) is 12.1 Å². The first-order valence-electron chi connectivity index (χ1n) is 4.71. The largest absolute Gasteiger partial charge is 0.354 e. The van der Waals surface area contributed by atoms with E-state index in [2.05, 4.69) is 71.0 Å². The lowest BCUT2D eigenvalue weighted by Gasteiger charge is -1.96. The highest BCUT2D eigenvalue weighted by Crippen LogP contribution is 2.34. The van der Waals surface area contributed by atoms with Gasteiger partial charge in [0.15, 0.2) is 0 Å². The molecule has 0 saturated heterocycles. The predicted molar refractivity (Wildman–Crippen MR) is 78.9 cm³/mol. The molecule has 1 heterocycles. The summed E-state index contributed by atoms with van der Waals surface area (Å²) >= 11 is 10.6. The average molecular weight is 404 g/mol. The first-order chi connectivity index (χ1) is 7.65. The molecular formula is C12H6Br3N. The zero-order chi connectivity index (χ0) is 11.3. The molecule has 2 aromatic carbocycles. The average Bonchev–Trinajstić information content (AvgIpc) is 2.57. The summed E-state index contributed by atoms with van der Waals surface area (Å²) in [6.07, 6.45) is 0. The zero-order valence-corrected chi connectivity index (χ0v) is 12.8. The van der Waals surface area contributed by atoms with Crippen LogP contribution in [0.15, 0.2) is 43.7 Å². The van der Waals surface area contributed by atoms with Crippen LogP contribution < -0.4 is 0 Å². The van der Waals surface area contributed by atoms with Crippen LogP contribution in [0.4, 0.5) is 0 Å². The van der Waals surface area contributed by atoms with Gasteiger partial charge < -0.3 is 4.98 Å². The molecule has 0 atom stereocenters. The van der Waals surface area contributed by atoms with E-state index in [9.17, 15) is 0 Å². The lowest BCUT2D eigenvalue weighted by Crippen LogP contribution is -1.71. The van der Waals surface area contributed by atoms with Crippen molar-refractivity contribution in [1.82, 2.24) is 4.98 Å². The van der Waals surface area contributed by atoms with E-state index < -0.39 is 0 Å². The number of benzene rings is 2. The maximum atomic E-state index is 3.57. The summed E-state index contributed by atoms with van der Waals surface area (Å²) in [5.41, 5.74) is 2.29. The summed E-state index contributed by atoms with van der Waals surface area (Å²) in [6.45, 7) is 0. The van der Waals surface area contributed by atoms with Gasteiger partial charge in [0.25, 0.3) is 0 Å². The molecule has 0 aliphatic rings. The predicted octanol–water partition coefficient (Wildman–Crippen LogP) is 5.61. The molecule has 0 fully saturated rings. The molecule has 0 aliphatic carbocycles. The van der Waals surface area contributed by atoms with Crippen LogP contribution in [0.3, 0.4) is 0 Å². The SMILES string of the molecule is Brc1ccc2[nH]c3c(Br)cc(Br)cc3c2c1. The molecule has 1 nitrogen and oxygen atoms in total. The second-order valence-corrected chi connectivity index (χ2v) is 6.31. The van der Waals surface area contributed by atoms with Crippen LogP contribution in [-0.4, -0.2) is 4.98 Å². The van der Waals surface area contributed by atoms with Crippen molar-refractivity contribution >= 4 is 69.6 Å². The Morgan fingerprint density at radius 2 is 1.56 bits per heavy atom. The number of rotatable bonds is 0. The molecule has 0 radical (unpaired) electrons. The fourth-order valence-corrected chi connectivity index (χ4v) is 3.58. The molecule has 0 unspecified atom stereocenters. The van der Waals surface area contributed by atoms with Crippen LogP contribution in [0.5, 0.6) is 0 Å². The van der Waals surface area contributed by atoms with Gasteiger partial charge in [-0.2, -0.15) is 0 Å². The minimum absolute atomic E-state index is 1.07. The van der Waals surface area contributed by atoms with Gasteiger partial charge in [-0.3, -0.25) is 0 Å². The van der Waals surface area contributed by atoms with Crippen molar-refractivity contribution in [3.63, 3.8) is 0 Å². The second kappa shape index (κ2) is 3.86. The molecule has 16 heavy (non-hydrogen) atoms. The molecule has 3 aromatic rings. The van der Waals surface area contributed by atoms with Gasteiger partial charge in [-0.05, 0) is 46.3 Å². The lowest BCUT2D eigenvalue weighted by molar-refractivity contribution is 1.52. The van der Waals surface area contributed by atoms with Crippen molar-refractivity contribution in [3.05, 3.63) is 43.7 Å². The molecule has 0 aliphatic heterocycles. The van der Waals surface area contributed by atoms with Gasteiger partial charge in [-0.25, -0.2) is 0 Å². The van der Waals surface area contributed by atoms with Crippen LogP contribution in [0.1, 0.15) is 0 Å². The normalized spacial score (nSPS) is 11.4. The van der Waals surface area contributed by atoms with Crippen molar-refractivity contribution in [1.29, 1.82) is 0 Å². The van der Waals surface area contributed by atoms with Gasteiger partial charge in [0.05, 0.1) is 5.52 Å². The Kier molecular flexibility index (Phi) is 2.61. The first kappa shape index (κ1) is 10.8. The van der Waals surface area contributed by atoms with E-state index in [-0.39, 0.29) is 0 Å². The van der Waals surface area contributed by atoms with Gasteiger partial charge >= 0.3 is 0 Å². The number of nitrogens with one attached hydrogen (secondary N) is 1. The Morgan fingerprint density at radius 1 is 0.812 bits per heavy atom. The van der Waals surface area contributed by atoms with Gasteiger partial charge in [0, 0.05) is 29.7 Å². The van der Waals surface area contributed by atoms with Gasteiger partial charge in [-0.1, -0.05) is 31.9 Å². The highest BCUT2D eigenvalue weighted by atomic mass is 79.9. The van der Waals surface area contributed by atoms with Crippen molar-refractivity contribution < 1.29 is 0 Å². The number of halogens is 3. The van der Waals surface area contributed by atoms with Gasteiger partial charge in [0.2, 0.25) is 0 Å². The maximum Gasteiger partial charge on any atom is 0.0610 e. The monoisotopic (exact) mass is 401 g/mol. The Morgan fingerprint density at radius 3 is 2.38 bits per heavy atom. The summed E-state index contributed by atoms with van der Waals surface area (Å²) in [5, 5.41) is 2.45. The number of aromatic nitrogens is 1. The summed E-state index contributed by atoms with van der Waals surface area (Å²) in [6, 6.07) is 10.4. The van der Waals surface area contributed by atoms with Crippen molar-refractivity contribution in [3.8, 4) is 0 Å². The molecule has 0 saturated carbocycles. The van der Waals surface area contributed by atoms with E-state index in [4.69, 9.17) is 0 Å². The molecule has 0 spiro atoms. The molecule has 3 rings (SSSR count). The summed E-state index contributed by atoms with van der Waals surface area (Å²) in [7, 11) is 0. The topological polar surface area (TPSA) is 15.8 Å². The highest BCUT2D eigenvalue weighted by molar-refractivity contribution is 9.11. The smallest absolute Gasteiger partial charge is 0.0610 e. The number of aromatic amines is 1. The van der Waals surface area contributed by atoms with Crippen LogP contribution in [-0.2, 0) is 0 Å². The van der Waals surface area contributed by atoms with Crippen LogP contribution in [0.25, 0.3) is 21.8 Å². The molecular weight excluding hydrogens is 398 g/mol. The quantitative estimate of drug-likeness (QED) is 0.502. The minimum Gasteiger partial charge on any atom is -0.354 e. The Labute approximate surface area is 118 Å². The van der Waals surface area contributed by atoms with E-state index in [0.29, 0.717) is 0 Å². The standard InChI is InChI=1S/C12H6Br3N/c13-6-1-2-11-8(3-6)9-4-7(14)5-10(15)12(9)16-11/h1-5,16H. The van der Waals surface area contributed by atoms with Crippen molar-refractivity contribution in [2.75, 3.05) is 0 Å². The fraction of sp³-hybridized carbons (Fsp3) is 0. The summed E-state index contributed by atoms with van der Waals surface area (Å²) < 4.78 is 3.24. The number of hydrogen-bond donors (Lipinski definition) is 1. The Balaban J connectivity index is 2.57. The van der Waals surface area contributed by atoms with Crippen LogP contribution >= 0.6 is 47.8 Å². The number of hydrogen-bond acceptors (Lipinski definition) is 0. The zero-order valence-electron chi connectivity index (χ0n) is 8.02.